The van der Waals surface area contributed by atoms with Gasteiger partial charge in [-0.15, -0.1) is 0 Å². The topological polar surface area (TPSA) is 78.0 Å². The second kappa shape index (κ2) is 5.81. The van der Waals surface area contributed by atoms with Crippen molar-refractivity contribution in [3.63, 3.8) is 0 Å². The summed E-state index contributed by atoms with van der Waals surface area (Å²) in [4.78, 5) is 4.42. The maximum Gasteiger partial charge on any atom is 0.162 e. The van der Waals surface area contributed by atoms with Gasteiger partial charge in [0, 0.05) is 12.7 Å². The summed E-state index contributed by atoms with van der Waals surface area (Å²) in [6.07, 6.45) is 3.45. The van der Waals surface area contributed by atoms with E-state index in [-0.39, 0.29) is 6.04 Å². The molecule has 0 fully saturated rings. The molecule has 0 spiro atoms. The molecule has 2 rings (SSSR count). The van der Waals surface area contributed by atoms with E-state index in [1.807, 2.05) is 30.7 Å². The van der Waals surface area contributed by atoms with E-state index in [4.69, 9.17) is 10.6 Å². The van der Waals surface area contributed by atoms with Crippen LogP contribution in [-0.2, 0) is 6.54 Å². The van der Waals surface area contributed by atoms with Crippen molar-refractivity contribution >= 4 is 0 Å². The lowest BCUT2D eigenvalue weighted by Crippen LogP contribution is -2.32. The predicted octanol–water partition coefficient (Wildman–Crippen LogP) is 1.17. The van der Waals surface area contributed by atoms with Crippen molar-refractivity contribution in [2.75, 3.05) is 7.11 Å². The van der Waals surface area contributed by atoms with Crippen molar-refractivity contribution in [1.82, 2.24) is 20.2 Å². The number of ether oxygens (including phenoxy) is 1. The second-order valence-corrected chi connectivity index (χ2v) is 4.22. The first-order chi connectivity index (χ1) is 9.22. The van der Waals surface area contributed by atoms with Crippen LogP contribution in [0.2, 0.25) is 0 Å². The van der Waals surface area contributed by atoms with Gasteiger partial charge >= 0.3 is 0 Å². The number of hydrogen-bond acceptors (Lipinski definition) is 5. The fourth-order valence-corrected chi connectivity index (χ4v) is 2.17. The highest BCUT2D eigenvalue weighted by Crippen LogP contribution is 2.29. The van der Waals surface area contributed by atoms with Gasteiger partial charge in [0.2, 0.25) is 0 Å². The zero-order chi connectivity index (χ0) is 13.8. The Bertz CT molecular complexity index is 530. The van der Waals surface area contributed by atoms with Crippen molar-refractivity contribution in [3.8, 4) is 5.75 Å². The average molecular weight is 261 g/mol. The molecular weight excluding hydrogens is 242 g/mol. The fraction of sp³-hybridized carbons (Fsp3) is 0.385. The quantitative estimate of drug-likeness (QED) is 0.624. The number of nitrogens with one attached hydrogen (secondary N) is 1. The first-order valence-electron chi connectivity index (χ1n) is 6.20. The minimum absolute atomic E-state index is 0.251. The molecule has 0 saturated heterocycles. The summed E-state index contributed by atoms with van der Waals surface area (Å²) in [5.74, 6) is 6.43. The summed E-state index contributed by atoms with van der Waals surface area (Å²) >= 11 is 0. The van der Waals surface area contributed by atoms with Gasteiger partial charge in [-0.05, 0) is 25.5 Å². The molecule has 0 aliphatic rings. The average Bonchev–Trinajstić information content (AvgIpc) is 2.85. The number of nitrogens with zero attached hydrogens (tertiary/aromatic N) is 3. The Labute approximate surface area is 112 Å². The summed E-state index contributed by atoms with van der Waals surface area (Å²) in [5, 5.41) is 4.30. The molecule has 0 saturated carbocycles. The number of rotatable bonds is 5. The SMILES string of the molecule is CCn1ncc(OC)c1C(NN)c1ncccc1C. The molecular formula is C13H19N5O. The molecule has 1 atom stereocenters. The van der Waals surface area contributed by atoms with Crippen LogP contribution in [0.25, 0.3) is 0 Å². The molecule has 0 bridgehead atoms. The normalized spacial score (nSPS) is 12.4. The Morgan fingerprint density at radius 2 is 2.32 bits per heavy atom. The fourth-order valence-electron chi connectivity index (χ4n) is 2.17. The Balaban J connectivity index is 2.54. The third-order valence-electron chi connectivity index (χ3n) is 3.13. The number of hydrazine groups is 1. The smallest absolute Gasteiger partial charge is 0.162 e. The Kier molecular flexibility index (Phi) is 4.13. The minimum Gasteiger partial charge on any atom is -0.493 e. The molecule has 0 aliphatic heterocycles. The van der Waals surface area contributed by atoms with Crippen molar-refractivity contribution in [2.45, 2.75) is 26.4 Å². The highest BCUT2D eigenvalue weighted by Gasteiger charge is 2.24. The molecule has 1 unspecified atom stereocenters. The van der Waals surface area contributed by atoms with E-state index < -0.39 is 0 Å². The van der Waals surface area contributed by atoms with Crippen LogP contribution >= 0.6 is 0 Å². The van der Waals surface area contributed by atoms with Gasteiger partial charge in [0.1, 0.15) is 11.7 Å². The van der Waals surface area contributed by atoms with Gasteiger partial charge in [-0.2, -0.15) is 5.10 Å². The number of methoxy groups -OCH3 is 1. The zero-order valence-electron chi connectivity index (χ0n) is 11.4. The standard InChI is InChI=1S/C13H19N5O/c1-4-18-13(10(19-3)8-16-18)12(17-14)11-9(2)6-5-7-15-11/h5-8,12,17H,4,14H2,1-3H3. The van der Waals surface area contributed by atoms with Crippen LogP contribution in [-0.4, -0.2) is 21.9 Å². The summed E-state index contributed by atoms with van der Waals surface area (Å²) in [6.45, 7) is 4.77. The molecule has 3 N–H and O–H groups in total. The maximum absolute atomic E-state index is 5.73. The summed E-state index contributed by atoms with van der Waals surface area (Å²) < 4.78 is 7.22. The van der Waals surface area contributed by atoms with E-state index in [2.05, 4.69) is 15.5 Å². The van der Waals surface area contributed by atoms with Gasteiger partial charge in [0.15, 0.2) is 5.75 Å². The molecule has 0 amide bonds. The Morgan fingerprint density at radius 1 is 1.53 bits per heavy atom. The molecule has 0 radical (unpaired) electrons. The number of nitrogens with two attached hydrogens (primary N) is 1. The van der Waals surface area contributed by atoms with Crippen LogP contribution in [0.5, 0.6) is 5.75 Å². The Morgan fingerprint density at radius 3 is 2.89 bits per heavy atom. The van der Waals surface area contributed by atoms with Gasteiger partial charge in [0.25, 0.3) is 0 Å². The lowest BCUT2D eigenvalue weighted by atomic mass is 10.0. The van der Waals surface area contributed by atoms with Crippen molar-refractivity contribution in [2.24, 2.45) is 5.84 Å². The molecule has 0 aromatic carbocycles. The summed E-state index contributed by atoms with van der Waals surface area (Å²) in [5.41, 5.74) is 5.63. The minimum atomic E-state index is -0.251. The van der Waals surface area contributed by atoms with Gasteiger partial charge < -0.3 is 4.74 Å². The second-order valence-electron chi connectivity index (χ2n) is 4.22. The molecule has 2 aromatic rings. The molecule has 0 aliphatic carbocycles. The van der Waals surface area contributed by atoms with Crippen LogP contribution < -0.4 is 16.0 Å². The zero-order valence-corrected chi connectivity index (χ0v) is 11.4. The van der Waals surface area contributed by atoms with Crippen LogP contribution in [0.4, 0.5) is 0 Å². The molecule has 6 heteroatoms. The number of pyridine rings is 1. The molecule has 2 aromatic heterocycles. The molecule has 6 nitrogen and oxygen atoms in total. The third-order valence-corrected chi connectivity index (χ3v) is 3.13. The van der Waals surface area contributed by atoms with Crippen LogP contribution in [0.1, 0.15) is 29.9 Å². The largest absolute Gasteiger partial charge is 0.493 e. The van der Waals surface area contributed by atoms with E-state index in [1.165, 1.54) is 0 Å². The van der Waals surface area contributed by atoms with E-state index in [0.29, 0.717) is 5.75 Å². The summed E-state index contributed by atoms with van der Waals surface area (Å²) in [6, 6.07) is 3.66. The van der Waals surface area contributed by atoms with Crippen molar-refractivity contribution in [3.05, 3.63) is 41.5 Å². The highest BCUT2D eigenvalue weighted by atomic mass is 16.5. The van der Waals surface area contributed by atoms with Crippen molar-refractivity contribution < 1.29 is 4.74 Å². The first-order valence-corrected chi connectivity index (χ1v) is 6.20. The van der Waals surface area contributed by atoms with Crippen LogP contribution in [0.15, 0.2) is 24.5 Å². The number of aryl methyl sites for hydroxylation is 2. The molecule has 19 heavy (non-hydrogen) atoms. The highest BCUT2D eigenvalue weighted by molar-refractivity contribution is 5.36. The third kappa shape index (κ3) is 2.45. The maximum atomic E-state index is 5.73. The predicted molar refractivity (Wildman–Crippen MR) is 72.6 cm³/mol. The number of hydrogen-bond donors (Lipinski definition) is 2. The molecule has 102 valence electrons. The van der Waals surface area contributed by atoms with Crippen LogP contribution in [0, 0.1) is 6.92 Å². The Hall–Kier alpha value is -1.92. The lowest BCUT2D eigenvalue weighted by Gasteiger charge is -2.19. The van der Waals surface area contributed by atoms with Gasteiger partial charge in [-0.25, -0.2) is 5.43 Å². The van der Waals surface area contributed by atoms with Gasteiger partial charge in [-0.3, -0.25) is 15.5 Å². The monoisotopic (exact) mass is 261 g/mol. The van der Waals surface area contributed by atoms with Crippen LogP contribution in [0.3, 0.4) is 0 Å². The van der Waals surface area contributed by atoms with Gasteiger partial charge in [-0.1, -0.05) is 6.07 Å². The number of aromatic nitrogens is 3. The van der Waals surface area contributed by atoms with Gasteiger partial charge in [0.05, 0.1) is 19.0 Å². The van der Waals surface area contributed by atoms with E-state index in [1.54, 1.807) is 19.5 Å². The van der Waals surface area contributed by atoms with E-state index >= 15 is 0 Å². The lowest BCUT2D eigenvalue weighted by molar-refractivity contribution is 0.398. The molecule has 2 heterocycles. The summed E-state index contributed by atoms with van der Waals surface area (Å²) in [7, 11) is 1.62. The van der Waals surface area contributed by atoms with Crippen molar-refractivity contribution in [1.29, 1.82) is 0 Å². The van der Waals surface area contributed by atoms with E-state index in [0.717, 1.165) is 23.5 Å². The van der Waals surface area contributed by atoms with E-state index in [9.17, 15) is 0 Å². The first kappa shape index (κ1) is 13.5.